The lowest BCUT2D eigenvalue weighted by Gasteiger charge is -2.09. The molecule has 3 aromatic rings. The molecule has 0 amide bonds. The predicted octanol–water partition coefficient (Wildman–Crippen LogP) is 4.29. The highest BCUT2D eigenvalue weighted by Gasteiger charge is 2.04. The van der Waals surface area contributed by atoms with Gasteiger partial charge in [-0.2, -0.15) is 0 Å². The van der Waals surface area contributed by atoms with Crippen molar-refractivity contribution in [2.45, 2.75) is 6.42 Å². The molecular weight excluding hydrogens is 328 g/mol. The predicted molar refractivity (Wildman–Crippen MR) is 88.7 cm³/mol. The van der Waals surface area contributed by atoms with Crippen LogP contribution < -0.4 is 10.5 Å². The van der Waals surface area contributed by atoms with Crippen molar-refractivity contribution in [3.05, 3.63) is 64.8 Å². The van der Waals surface area contributed by atoms with Gasteiger partial charge in [0.2, 0.25) is 0 Å². The number of ether oxygens (including phenoxy) is 1. The molecule has 0 saturated carbocycles. The molecule has 0 unspecified atom stereocenters. The second-order valence-corrected chi connectivity index (χ2v) is 5.61. The fourth-order valence-corrected chi connectivity index (χ4v) is 2.75. The molecule has 3 nitrogen and oxygen atoms in total. The minimum absolute atomic E-state index is 0.632. The molecule has 2 N–H and O–H groups in total. The number of nitrogens with two attached hydrogens (primary N) is 1. The Balaban J connectivity index is 1.86. The van der Waals surface area contributed by atoms with Crippen LogP contribution in [0.3, 0.4) is 0 Å². The van der Waals surface area contributed by atoms with E-state index >= 15 is 0 Å². The summed E-state index contributed by atoms with van der Waals surface area (Å²) in [7, 11) is 0. The summed E-state index contributed by atoms with van der Waals surface area (Å²) < 4.78 is 6.89. The second kappa shape index (κ2) is 6.24. The van der Waals surface area contributed by atoms with Crippen molar-refractivity contribution in [2.75, 3.05) is 6.54 Å². The van der Waals surface area contributed by atoms with E-state index in [1.54, 1.807) is 6.20 Å². The van der Waals surface area contributed by atoms with E-state index in [0.717, 1.165) is 33.3 Å². The fourth-order valence-electron chi connectivity index (χ4n) is 2.19. The van der Waals surface area contributed by atoms with Crippen molar-refractivity contribution in [3.63, 3.8) is 0 Å². The van der Waals surface area contributed by atoms with Gasteiger partial charge in [0.1, 0.15) is 11.5 Å². The van der Waals surface area contributed by atoms with Gasteiger partial charge in [0.15, 0.2) is 0 Å². The summed E-state index contributed by atoms with van der Waals surface area (Å²) in [5.41, 5.74) is 7.73. The molecule has 1 heterocycles. The number of fused-ring (bicyclic) bond motifs is 1. The molecule has 3 rings (SSSR count). The van der Waals surface area contributed by atoms with Crippen LogP contribution in [0.25, 0.3) is 10.9 Å². The first-order chi connectivity index (χ1) is 10.3. The number of pyridine rings is 1. The number of nitrogens with zero attached hydrogens (tertiary/aromatic N) is 1. The minimum atomic E-state index is 0.632. The van der Waals surface area contributed by atoms with E-state index < -0.39 is 0 Å². The molecular formula is C17H15BrN2O. The molecule has 1 aromatic heterocycles. The van der Waals surface area contributed by atoms with Gasteiger partial charge in [-0.15, -0.1) is 0 Å². The minimum Gasteiger partial charge on any atom is -0.456 e. The summed E-state index contributed by atoms with van der Waals surface area (Å²) in [6, 6.07) is 15.9. The third-order valence-corrected chi connectivity index (χ3v) is 3.98. The molecule has 0 saturated heterocycles. The lowest BCUT2D eigenvalue weighted by Crippen LogP contribution is -2.03. The summed E-state index contributed by atoms with van der Waals surface area (Å²) in [4.78, 5) is 4.39. The van der Waals surface area contributed by atoms with Crippen molar-refractivity contribution >= 4 is 26.8 Å². The lowest BCUT2D eigenvalue weighted by atomic mass is 10.1. The highest BCUT2D eigenvalue weighted by Crippen LogP contribution is 2.28. The summed E-state index contributed by atoms with van der Waals surface area (Å²) in [5, 5.41) is 1.06. The Bertz CT molecular complexity index is 774. The number of rotatable bonds is 4. The van der Waals surface area contributed by atoms with Crippen molar-refractivity contribution in [3.8, 4) is 11.5 Å². The Labute approximate surface area is 131 Å². The van der Waals surface area contributed by atoms with E-state index in [4.69, 9.17) is 10.5 Å². The average molecular weight is 343 g/mol. The molecule has 0 aliphatic heterocycles. The zero-order valence-corrected chi connectivity index (χ0v) is 13.0. The topological polar surface area (TPSA) is 48.1 Å². The quantitative estimate of drug-likeness (QED) is 0.769. The number of benzene rings is 2. The van der Waals surface area contributed by atoms with Gasteiger partial charge in [0, 0.05) is 9.86 Å². The molecule has 0 bridgehead atoms. The van der Waals surface area contributed by atoms with Crippen LogP contribution in [0.4, 0.5) is 0 Å². The maximum atomic E-state index is 5.88. The van der Waals surface area contributed by atoms with Crippen LogP contribution >= 0.6 is 15.9 Å². The Kier molecular flexibility index (Phi) is 4.18. The van der Waals surface area contributed by atoms with E-state index in [1.165, 1.54) is 5.56 Å². The van der Waals surface area contributed by atoms with Gasteiger partial charge in [-0.1, -0.05) is 40.2 Å². The van der Waals surface area contributed by atoms with Gasteiger partial charge in [0.05, 0.1) is 11.7 Å². The van der Waals surface area contributed by atoms with Crippen LogP contribution in [0.1, 0.15) is 5.56 Å². The zero-order chi connectivity index (χ0) is 14.7. The number of para-hydroxylation sites is 1. The van der Waals surface area contributed by atoms with Crippen LogP contribution in [0, 0.1) is 0 Å². The van der Waals surface area contributed by atoms with Gasteiger partial charge < -0.3 is 10.5 Å². The highest BCUT2D eigenvalue weighted by atomic mass is 79.9. The van der Waals surface area contributed by atoms with Gasteiger partial charge in [0.25, 0.3) is 0 Å². The molecule has 0 aliphatic carbocycles. The number of hydrogen-bond acceptors (Lipinski definition) is 3. The monoisotopic (exact) mass is 342 g/mol. The van der Waals surface area contributed by atoms with Crippen LogP contribution in [-0.2, 0) is 6.42 Å². The smallest absolute Gasteiger partial charge is 0.146 e. The van der Waals surface area contributed by atoms with E-state index in [2.05, 4.69) is 20.9 Å². The molecule has 106 valence electrons. The second-order valence-electron chi connectivity index (χ2n) is 4.76. The maximum Gasteiger partial charge on any atom is 0.146 e. The Morgan fingerprint density at radius 1 is 1.05 bits per heavy atom. The summed E-state index contributed by atoms with van der Waals surface area (Å²) in [5.74, 6) is 1.51. The average Bonchev–Trinajstić information content (AvgIpc) is 2.50. The van der Waals surface area contributed by atoms with Crippen molar-refractivity contribution in [2.24, 2.45) is 5.73 Å². The summed E-state index contributed by atoms with van der Waals surface area (Å²) in [6.45, 7) is 0.632. The molecule has 0 radical (unpaired) electrons. The third kappa shape index (κ3) is 3.23. The highest BCUT2D eigenvalue weighted by molar-refractivity contribution is 9.10. The van der Waals surface area contributed by atoms with Crippen molar-refractivity contribution in [1.82, 2.24) is 4.98 Å². The largest absolute Gasteiger partial charge is 0.456 e. The summed E-state index contributed by atoms with van der Waals surface area (Å²) >= 11 is 3.55. The molecule has 0 fully saturated rings. The molecule has 2 aromatic carbocycles. The van der Waals surface area contributed by atoms with Crippen LogP contribution in [-0.4, -0.2) is 11.5 Å². The lowest BCUT2D eigenvalue weighted by molar-refractivity contribution is 0.481. The van der Waals surface area contributed by atoms with Gasteiger partial charge >= 0.3 is 0 Å². The Hall–Kier alpha value is -1.91. The maximum absolute atomic E-state index is 5.88. The fraction of sp³-hybridized carbons (Fsp3) is 0.118. The molecule has 21 heavy (non-hydrogen) atoms. The van der Waals surface area contributed by atoms with E-state index in [9.17, 15) is 0 Å². The van der Waals surface area contributed by atoms with Crippen LogP contribution in [0.15, 0.2) is 59.2 Å². The van der Waals surface area contributed by atoms with E-state index in [-0.39, 0.29) is 0 Å². The van der Waals surface area contributed by atoms with Crippen LogP contribution in [0.5, 0.6) is 11.5 Å². The van der Waals surface area contributed by atoms with E-state index in [0.29, 0.717) is 6.54 Å². The number of halogens is 1. The molecule has 4 heteroatoms. The SMILES string of the molecule is NCCc1ccc(Oc2cnc3ccccc3c2)cc1Br. The summed E-state index contributed by atoms with van der Waals surface area (Å²) in [6.07, 6.45) is 2.59. The van der Waals surface area contributed by atoms with Crippen LogP contribution in [0.2, 0.25) is 0 Å². The zero-order valence-electron chi connectivity index (χ0n) is 11.4. The number of aromatic nitrogens is 1. The molecule has 0 spiro atoms. The first-order valence-electron chi connectivity index (χ1n) is 6.77. The third-order valence-electron chi connectivity index (χ3n) is 3.24. The normalized spacial score (nSPS) is 10.8. The molecule has 0 atom stereocenters. The van der Waals surface area contributed by atoms with Crippen molar-refractivity contribution < 1.29 is 4.74 Å². The van der Waals surface area contributed by atoms with Crippen molar-refractivity contribution in [1.29, 1.82) is 0 Å². The van der Waals surface area contributed by atoms with Gasteiger partial charge in [-0.05, 0) is 42.8 Å². The van der Waals surface area contributed by atoms with Gasteiger partial charge in [-0.3, -0.25) is 4.98 Å². The standard InChI is InChI=1S/C17H15BrN2O/c18-16-10-14(6-5-12(16)7-8-19)21-15-9-13-3-1-2-4-17(13)20-11-15/h1-6,9-11H,7-8,19H2. The van der Waals surface area contributed by atoms with Gasteiger partial charge in [-0.25, -0.2) is 0 Å². The Morgan fingerprint density at radius 3 is 2.71 bits per heavy atom. The van der Waals surface area contributed by atoms with E-state index in [1.807, 2.05) is 48.5 Å². The first-order valence-corrected chi connectivity index (χ1v) is 7.57. The number of hydrogen-bond donors (Lipinski definition) is 1. The Morgan fingerprint density at radius 2 is 1.90 bits per heavy atom. The first kappa shape index (κ1) is 14.0. The molecule has 0 aliphatic rings.